The van der Waals surface area contributed by atoms with Crippen LogP contribution in [0.15, 0.2) is 65.3 Å². The average Bonchev–Trinajstić information content (AvgIpc) is 3.22. The van der Waals surface area contributed by atoms with E-state index in [0.29, 0.717) is 17.8 Å². The molecule has 136 valence electrons. The van der Waals surface area contributed by atoms with Crippen LogP contribution in [-0.4, -0.2) is 18.4 Å². The Hall–Kier alpha value is -3.41. The molecular weight excluding hydrogens is 347 g/mol. The molecule has 0 spiro atoms. The third kappa shape index (κ3) is 3.46. The van der Waals surface area contributed by atoms with Gasteiger partial charge in [0.05, 0.1) is 6.26 Å². The second kappa shape index (κ2) is 7.07. The highest BCUT2D eigenvalue weighted by atomic mass is 19.1. The number of aryl methyl sites for hydroxylation is 1. The molecule has 1 aliphatic heterocycles. The van der Waals surface area contributed by atoms with Gasteiger partial charge in [-0.15, -0.1) is 0 Å². The summed E-state index contributed by atoms with van der Waals surface area (Å²) in [6.07, 6.45) is 3.20. The molecule has 6 heteroatoms. The van der Waals surface area contributed by atoms with Crippen molar-refractivity contribution in [1.29, 1.82) is 0 Å². The van der Waals surface area contributed by atoms with Crippen molar-refractivity contribution in [3.8, 4) is 0 Å². The fourth-order valence-electron chi connectivity index (χ4n) is 3.20. The van der Waals surface area contributed by atoms with Crippen LogP contribution in [0.25, 0.3) is 0 Å². The minimum absolute atomic E-state index is 0.206. The van der Waals surface area contributed by atoms with Gasteiger partial charge in [-0.05, 0) is 66.9 Å². The lowest BCUT2D eigenvalue weighted by Gasteiger charge is -2.29. The summed E-state index contributed by atoms with van der Waals surface area (Å²) in [6.45, 7) is 0.585. The number of rotatable bonds is 3. The van der Waals surface area contributed by atoms with E-state index >= 15 is 0 Å². The topological polar surface area (TPSA) is 62.6 Å². The van der Waals surface area contributed by atoms with Crippen LogP contribution in [0.1, 0.15) is 32.9 Å². The van der Waals surface area contributed by atoms with Gasteiger partial charge in [-0.25, -0.2) is 4.39 Å². The summed E-state index contributed by atoms with van der Waals surface area (Å²) in [5.41, 5.74) is 2.74. The molecule has 27 heavy (non-hydrogen) atoms. The fraction of sp³-hybridized carbons (Fsp3) is 0.143. The normalized spacial score (nSPS) is 13.1. The zero-order chi connectivity index (χ0) is 18.8. The van der Waals surface area contributed by atoms with E-state index in [4.69, 9.17) is 4.42 Å². The molecule has 0 saturated carbocycles. The zero-order valence-corrected chi connectivity index (χ0v) is 14.4. The van der Waals surface area contributed by atoms with E-state index in [1.807, 2.05) is 6.07 Å². The molecule has 0 radical (unpaired) electrons. The first-order chi connectivity index (χ1) is 13.1. The summed E-state index contributed by atoms with van der Waals surface area (Å²) < 4.78 is 18.3. The van der Waals surface area contributed by atoms with Crippen LogP contribution >= 0.6 is 0 Å². The Morgan fingerprint density at radius 3 is 2.63 bits per heavy atom. The van der Waals surface area contributed by atoms with Gasteiger partial charge in [-0.3, -0.25) is 9.59 Å². The van der Waals surface area contributed by atoms with E-state index in [-0.39, 0.29) is 17.6 Å². The number of furan rings is 1. The maximum atomic E-state index is 13.0. The smallest absolute Gasteiger partial charge is 0.293 e. The minimum atomic E-state index is -0.396. The highest BCUT2D eigenvalue weighted by Gasteiger charge is 2.25. The largest absolute Gasteiger partial charge is 0.459 e. The molecule has 2 aromatic carbocycles. The number of anilines is 2. The first kappa shape index (κ1) is 17.0. The molecule has 2 amide bonds. The highest BCUT2D eigenvalue weighted by molar-refractivity contribution is 6.07. The molecule has 2 heterocycles. The van der Waals surface area contributed by atoms with Crippen molar-refractivity contribution in [2.45, 2.75) is 12.8 Å². The zero-order valence-electron chi connectivity index (χ0n) is 14.4. The molecule has 0 aliphatic carbocycles. The van der Waals surface area contributed by atoms with Crippen LogP contribution in [0, 0.1) is 5.82 Å². The average molecular weight is 364 g/mol. The molecule has 3 aromatic rings. The lowest BCUT2D eigenvalue weighted by molar-refractivity contribution is 0.0958. The quantitative estimate of drug-likeness (QED) is 0.755. The summed E-state index contributed by atoms with van der Waals surface area (Å²) in [4.78, 5) is 26.8. The summed E-state index contributed by atoms with van der Waals surface area (Å²) in [7, 11) is 0. The maximum absolute atomic E-state index is 13.0. The van der Waals surface area contributed by atoms with E-state index in [1.54, 1.807) is 29.2 Å². The third-order valence-corrected chi connectivity index (χ3v) is 4.55. The van der Waals surface area contributed by atoms with Gasteiger partial charge in [0.25, 0.3) is 11.8 Å². The second-order valence-corrected chi connectivity index (χ2v) is 6.34. The number of hydrogen-bond acceptors (Lipinski definition) is 3. The summed E-state index contributed by atoms with van der Waals surface area (Å²) in [5, 5.41) is 2.80. The Bertz CT molecular complexity index is 981. The van der Waals surface area contributed by atoms with Crippen LogP contribution in [-0.2, 0) is 6.42 Å². The molecule has 1 aromatic heterocycles. The molecule has 0 saturated heterocycles. The van der Waals surface area contributed by atoms with Crippen molar-refractivity contribution < 1.29 is 18.4 Å². The van der Waals surface area contributed by atoms with Crippen molar-refractivity contribution in [3.63, 3.8) is 0 Å². The van der Waals surface area contributed by atoms with E-state index in [9.17, 15) is 14.0 Å². The summed E-state index contributed by atoms with van der Waals surface area (Å²) in [6, 6.07) is 14.2. The molecule has 4 rings (SSSR count). The Kier molecular flexibility index (Phi) is 4.46. The lowest BCUT2D eigenvalue weighted by Crippen LogP contribution is -2.35. The van der Waals surface area contributed by atoms with E-state index in [1.165, 1.54) is 30.5 Å². The molecule has 5 nitrogen and oxygen atoms in total. The number of halogens is 1. The lowest BCUT2D eigenvalue weighted by atomic mass is 10.0. The van der Waals surface area contributed by atoms with Crippen LogP contribution in [0.4, 0.5) is 15.8 Å². The number of benzene rings is 2. The van der Waals surface area contributed by atoms with E-state index in [0.717, 1.165) is 24.1 Å². The van der Waals surface area contributed by atoms with Crippen molar-refractivity contribution >= 4 is 23.2 Å². The molecule has 0 fully saturated rings. The number of carbonyl (C=O) groups is 2. The fourth-order valence-corrected chi connectivity index (χ4v) is 3.20. The second-order valence-electron chi connectivity index (χ2n) is 6.34. The standard InChI is InChI=1S/C21H17FN2O3/c22-16-8-5-15(6-9-16)20(25)23-17-10-7-14-3-1-11-24(18(14)13-17)21(26)19-4-2-12-27-19/h2,4-10,12-13H,1,3,11H2,(H,23,25). The molecule has 0 atom stereocenters. The Balaban J connectivity index is 1.60. The van der Waals surface area contributed by atoms with Gasteiger partial charge in [0.2, 0.25) is 0 Å². The van der Waals surface area contributed by atoms with E-state index < -0.39 is 5.82 Å². The molecule has 1 aliphatic rings. The molecular formula is C21H17FN2O3. The number of nitrogens with one attached hydrogen (secondary N) is 1. The van der Waals surface area contributed by atoms with Crippen molar-refractivity contribution in [2.24, 2.45) is 0 Å². The molecule has 0 bridgehead atoms. The van der Waals surface area contributed by atoms with Crippen molar-refractivity contribution in [1.82, 2.24) is 0 Å². The number of carbonyl (C=O) groups excluding carboxylic acids is 2. The molecule has 0 unspecified atom stereocenters. The van der Waals surface area contributed by atoms with Gasteiger partial charge in [0.15, 0.2) is 5.76 Å². The first-order valence-corrected chi connectivity index (χ1v) is 8.67. The van der Waals surface area contributed by atoms with Crippen LogP contribution in [0.3, 0.4) is 0 Å². The number of fused-ring (bicyclic) bond motifs is 1. The highest BCUT2D eigenvalue weighted by Crippen LogP contribution is 2.31. The van der Waals surface area contributed by atoms with Crippen LogP contribution in [0.5, 0.6) is 0 Å². The van der Waals surface area contributed by atoms with Crippen LogP contribution < -0.4 is 10.2 Å². The van der Waals surface area contributed by atoms with Gasteiger partial charge in [-0.1, -0.05) is 6.07 Å². The number of amides is 2. The summed E-state index contributed by atoms with van der Waals surface area (Å²) >= 11 is 0. The van der Waals surface area contributed by atoms with Gasteiger partial charge in [0.1, 0.15) is 5.82 Å². The minimum Gasteiger partial charge on any atom is -0.459 e. The van der Waals surface area contributed by atoms with Gasteiger partial charge in [0, 0.05) is 23.5 Å². The number of hydrogen-bond donors (Lipinski definition) is 1. The van der Waals surface area contributed by atoms with Gasteiger partial charge < -0.3 is 14.6 Å². The Morgan fingerprint density at radius 1 is 1.07 bits per heavy atom. The first-order valence-electron chi connectivity index (χ1n) is 8.67. The SMILES string of the molecule is O=C(Nc1ccc2c(c1)N(C(=O)c1ccco1)CCC2)c1ccc(F)cc1. The number of nitrogens with zero attached hydrogens (tertiary/aromatic N) is 1. The van der Waals surface area contributed by atoms with Crippen molar-refractivity contribution in [3.05, 3.63) is 83.6 Å². The Labute approximate surface area is 155 Å². The van der Waals surface area contributed by atoms with Crippen LogP contribution in [0.2, 0.25) is 0 Å². The summed E-state index contributed by atoms with van der Waals surface area (Å²) in [5.74, 6) is -0.659. The van der Waals surface area contributed by atoms with E-state index in [2.05, 4.69) is 5.32 Å². The Morgan fingerprint density at radius 2 is 1.89 bits per heavy atom. The maximum Gasteiger partial charge on any atom is 0.293 e. The molecule has 1 N–H and O–H groups in total. The van der Waals surface area contributed by atoms with Gasteiger partial charge in [-0.2, -0.15) is 0 Å². The van der Waals surface area contributed by atoms with Gasteiger partial charge >= 0.3 is 0 Å². The third-order valence-electron chi connectivity index (χ3n) is 4.55. The predicted octanol–water partition coefficient (Wildman–Crippen LogP) is 4.26. The van der Waals surface area contributed by atoms with Crippen molar-refractivity contribution in [2.75, 3.05) is 16.8 Å². The monoisotopic (exact) mass is 364 g/mol. The predicted molar refractivity (Wildman–Crippen MR) is 99.5 cm³/mol.